The molecule has 3 fully saturated rings. The molecule has 11 heteroatoms. The van der Waals surface area contributed by atoms with Crippen molar-refractivity contribution in [2.24, 2.45) is 5.92 Å². The number of nitrogens with zero attached hydrogens (tertiary/aromatic N) is 5. The summed E-state index contributed by atoms with van der Waals surface area (Å²) in [5.41, 5.74) is 0.370. The third kappa shape index (κ3) is 5.27. The molecule has 2 N–H and O–H groups in total. The molecule has 3 heterocycles. The van der Waals surface area contributed by atoms with Crippen molar-refractivity contribution in [1.29, 1.82) is 0 Å². The Morgan fingerprint density at radius 2 is 1.87 bits per heavy atom. The van der Waals surface area contributed by atoms with Gasteiger partial charge in [0.15, 0.2) is 11.5 Å². The fourth-order valence-corrected chi connectivity index (χ4v) is 5.96. The van der Waals surface area contributed by atoms with Crippen LogP contribution in [0.3, 0.4) is 0 Å². The Labute approximate surface area is 225 Å². The number of hydrogen-bond donors (Lipinski definition) is 2. The highest BCUT2D eigenvalue weighted by Crippen LogP contribution is 2.45. The fourth-order valence-electron chi connectivity index (χ4n) is 5.96. The van der Waals surface area contributed by atoms with E-state index in [-0.39, 0.29) is 17.3 Å². The lowest BCUT2D eigenvalue weighted by Crippen LogP contribution is -2.58. The number of nitrogens with one attached hydrogen (secondary N) is 2. The molecular formula is C28H31F2N7O2. The van der Waals surface area contributed by atoms with Crippen molar-refractivity contribution in [3.63, 3.8) is 0 Å². The maximum atomic E-state index is 14.2. The number of hydrogen-bond acceptors (Lipinski definition) is 6. The predicted octanol–water partition coefficient (Wildman–Crippen LogP) is 3.11. The minimum Gasteiger partial charge on any atom is -0.347 e. The van der Waals surface area contributed by atoms with Crippen molar-refractivity contribution in [1.82, 2.24) is 35.5 Å². The molecule has 1 aliphatic heterocycles. The number of pyridine rings is 1. The Balaban J connectivity index is 1.19. The lowest BCUT2D eigenvalue weighted by Gasteiger charge is -2.41. The second kappa shape index (κ2) is 10.4. The van der Waals surface area contributed by atoms with Crippen LogP contribution in [0.5, 0.6) is 0 Å². The van der Waals surface area contributed by atoms with Crippen molar-refractivity contribution >= 4 is 11.8 Å². The molecule has 2 aliphatic carbocycles. The molecular weight excluding hydrogens is 504 g/mol. The Morgan fingerprint density at radius 1 is 1.05 bits per heavy atom. The van der Waals surface area contributed by atoms with Gasteiger partial charge in [-0.25, -0.2) is 13.5 Å². The summed E-state index contributed by atoms with van der Waals surface area (Å²) in [7, 11) is 0. The highest BCUT2D eigenvalue weighted by molar-refractivity contribution is 5.93. The summed E-state index contributed by atoms with van der Waals surface area (Å²) < 4.78 is 28.6. The first-order valence-electron chi connectivity index (χ1n) is 13.6. The van der Waals surface area contributed by atoms with Gasteiger partial charge in [0.25, 0.3) is 5.91 Å². The number of amides is 2. The van der Waals surface area contributed by atoms with E-state index in [1.165, 1.54) is 25.1 Å². The molecule has 1 saturated heterocycles. The van der Waals surface area contributed by atoms with Crippen molar-refractivity contribution in [3.8, 4) is 5.69 Å². The molecule has 3 aliphatic rings. The third-order valence-corrected chi connectivity index (χ3v) is 8.29. The van der Waals surface area contributed by atoms with Crippen LogP contribution in [0.2, 0.25) is 0 Å². The summed E-state index contributed by atoms with van der Waals surface area (Å²) in [6.45, 7) is 1.35. The number of rotatable bonds is 7. The van der Waals surface area contributed by atoms with Gasteiger partial charge >= 0.3 is 0 Å². The molecule has 0 unspecified atom stereocenters. The van der Waals surface area contributed by atoms with Gasteiger partial charge < -0.3 is 10.6 Å². The molecule has 9 nitrogen and oxygen atoms in total. The summed E-state index contributed by atoms with van der Waals surface area (Å²) in [5.74, 6) is -2.56. The summed E-state index contributed by atoms with van der Waals surface area (Å²) in [6, 6.07) is 8.87. The normalized spacial score (nSPS) is 22.9. The van der Waals surface area contributed by atoms with Crippen LogP contribution >= 0.6 is 0 Å². The van der Waals surface area contributed by atoms with Gasteiger partial charge in [-0.3, -0.25) is 19.5 Å². The van der Waals surface area contributed by atoms with Gasteiger partial charge in [-0.2, -0.15) is 0 Å². The first-order valence-corrected chi connectivity index (χ1v) is 13.6. The number of piperidine rings is 1. The molecule has 6 rings (SSSR count). The average Bonchev–Trinajstić information content (AvgIpc) is 3.31. The molecule has 2 atom stereocenters. The molecule has 2 aromatic heterocycles. The molecule has 0 radical (unpaired) electrons. The highest BCUT2D eigenvalue weighted by atomic mass is 19.1. The van der Waals surface area contributed by atoms with E-state index in [4.69, 9.17) is 0 Å². The van der Waals surface area contributed by atoms with Crippen molar-refractivity contribution in [2.75, 3.05) is 13.1 Å². The average molecular weight is 536 g/mol. The minimum absolute atomic E-state index is 0.0109. The number of carbonyl (C=O) groups is 2. The van der Waals surface area contributed by atoms with Gasteiger partial charge in [0.2, 0.25) is 5.91 Å². The zero-order chi connectivity index (χ0) is 27.0. The largest absolute Gasteiger partial charge is 0.347 e. The standard InChI is InChI=1S/C28H31F2N7O2/c29-18-8-9-24(21(30)15-18)37-17-23(34-35-37)27(39)32-22-10-14-36(19-5-1-2-6-19)16-20(22)26(38)33-28(11-12-28)25-7-3-4-13-31-25/h3-4,7-9,13,15,17,19-20,22H,1-2,5-6,10-12,14,16H2,(H,32,39)(H,33,38)/t20-,22-/m0/s1. The van der Waals surface area contributed by atoms with Gasteiger partial charge in [0, 0.05) is 37.4 Å². The number of likely N-dealkylation sites (tertiary alicyclic amines) is 1. The SMILES string of the molecule is O=C(N[C@H]1CCN(C2CCCC2)C[C@@H]1C(=O)NC1(c2ccccn2)CC1)c1cn(-c2ccc(F)cc2F)nn1. The quantitative estimate of drug-likeness (QED) is 0.482. The van der Waals surface area contributed by atoms with E-state index in [9.17, 15) is 18.4 Å². The lowest BCUT2D eigenvalue weighted by atomic mass is 9.89. The van der Waals surface area contributed by atoms with E-state index in [1.54, 1.807) is 6.20 Å². The Hall–Kier alpha value is -3.73. The first kappa shape index (κ1) is 25.5. The van der Waals surface area contributed by atoms with Crippen LogP contribution in [-0.2, 0) is 10.3 Å². The van der Waals surface area contributed by atoms with Gasteiger partial charge in [0.1, 0.15) is 11.5 Å². The molecule has 2 saturated carbocycles. The summed E-state index contributed by atoms with van der Waals surface area (Å²) in [5, 5.41) is 14.0. The number of carbonyl (C=O) groups excluding carboxylic acids is 2. The molecule has 39 heavy (non-hydrogen) atoms. The van der Waals surface area contributed by atoms with E-state index in [1.807, 2.05) is 18.2 Å². The Kier molecular flexibility index (Phi) is 6.84. The number of halogens is 2. The van der Waals surface area contributed by atoms with Gasteiger partial charge in [-0.1, -0.05) is 24.1 Å². The second-order valence-corrected chi connectivity index (χ2v) is 10.8. The van der Waals surface area contributed by atoms with Crippen LogP contribution in [0.1, 0.15) is 61.1 Å². The van der Waals surface area contributed by atoms with Crippen LogP contribution in [-0.4, -0.2) is 61.9 Å². The van der Waals surface area contributed by atoms with E-state index < -0.39 is 35.0 Å². The van der Waals surface area contributed by atoms with Crippen molar-refractivity contribution < 1.29 is 18.4 Å². The van der Waals surface area contributed by atoms with Gasteiger partial charge in [-0.05, 0) is 56.4 Å². The maximum Gasteiger partial charge on any atom is 0.273 e. The van der Waals surface area contributed by atoms with E-state index >= 15 is 0 Å². The highest BCUT2D eigenvalue weighted by Gasteiger charge is 2.49. The number of aromatic nitrogens is 4. The molecule has 3 aromatic rings. The zero-order valence-corrected chi connectivity index (χ0v) is 21.5. The predicted molar refractivity (Wildman–Crippen MR) is 138 cm³/mol. The fraction of sp³-hybridized carbons (Fsp3) is 0.464. The van der Waals surface area contributed by atoms with E-state index in [0.717, 1.165) is 54.7 Å². The first-order chi connectivity index (χ1) is 18.9. The van der Waals surface area contributed by atoms with Gasteiger partial charge in [0.05, 0.1) is 23.3 Å². The summed E-state index contributed by atoms with van der Waals surface area (Å²) >= 11 is 0. The summed E-state index contributed by atoms with van der Waals surface area (Å²) in [4.78, 5) is 33.8. The zero-order valence-electron chi connectivity index (χ0n) is 21.5. The molecule has 204 valence electrons. The van der Waals surface area contributed by atoms with Crippen molar-refractivity contribution in [2.45, 2.75) is 62.6 Å². The molecule has 0 spiro atoms. The lowest BCUT2D eigenvalue weighted by molar-refractivity contribution is -0.129. The minimum atomic E-state index is -0.815. The smallest absolute Gasteiger partial charge is 0.273 e. The monoisotopic (exact) mass is 535 g/mol. The Bertz CT molecular complexity index is 1350. The van der Waals surface area contributed by atoms with E-state index in [0.29, 0.717) is 19.0 Å². The summed E-state index contributed by atoms with van der Waals surface area (Å²) in [6.07, 6.45) is 9.98. The second-order valence-electron chi connectivity index (χ2n) is 10.8. The van der Waals surface area contributed by atoms with Crippen LogP contribution in [0.25, 0.3) is 5.69 Å². The molecule has 2 amide bonds. The van der Waals surface area contributed by atoms with Gasteiger partial charge in [-0.15, -0.1) is 5.10 Å². The topological polar surface area (TPSA) is 105 Å². The molecule has 0 bridgehead atoms. The maximum absolute atomic E-state index is 14.2. The van der Waals surface area contributed by atoms with Crippen molar-refractivity contribution in [3.05, 3.63) is 71.8 Å². The van der Waals surface area contributed by atoms with Crippen LogP contribution < -0.4 is 10.6 Å². The van der Waals surface area contributed by atoms with E-state index in [2.05, 4.69) is 30.8 Å². The molecule has 1 aromatic carbocycles. The van der Waals surface area contributed by atoms with Crippen LogP contribution in [0, 0.1) is 17.6 Å². The third-order valence-electron chi connectivity index (χ3n) is 8.29. The van der Waals surface area contributed by atoms with Crippen LogP contribution in [0.4, 0.5) is 8.78 Å². The Morgan fingerprint density at radius 3 is 2.59 bits per heavy atom. The number of benzene rings is 1. The van der Waals surface area contributed by atoms with Crippen LogP contribution in [0.15, 0.2) is 48.8 Å².